The van der Waals surface area contributed by atoms with Gasteiger partial charge in [-0.25, -0.2) is 4.98 Å². The van der Waals surface area contributed by atoms with Crippen LogP contribution in [0.15, 0.2) is 65.8 Å². The number of benzene rings is 2. The molecule has 1 unspecified atom stereocenters. The van der Waals surface area contributed by atoms with E-state index < -0.39 is 12.1 Å². The fourth-order valence-electron chi connectivity index (χ4n) is 8.07. The van der Waals surface area contributed by atoms with Crippen molar-refractivity contribution in [1.82, 2.24) is 34.9 Å². The molecule has 6 heterocycles. The van der Waals surface area contributed by atoms with Crippen LogP contribution in [0.25, 0.3) is 26.9 Å². The van der Waals surface area contributed by atoms with E-state index in [0.717, 1.165) is 87.3 Å². The Morgan fingerprint density at radius 1 is 1.00 bits per heavy atom. The first-order valence-electron chi connectivity index (χ1n) is 19.6. The molecule has 294 valence electrons. The number of thiophene rings is 1. The summed E-state index contributed by atoms with van der Waals surface area (Å²) >= 11 is 7.92. The number of aliphatic imine (C=N–C) groups is 1. The average molecular weight is 805 g/mol. The third kappa shape index (κ3) is 7.75. The molecule has 57 heavy (non-hydrogen) atoms. The van der Waals surface area contributed by atoms with Gasteiger partial charge in [0, 0.05) is 57.6 Å². The van der Waals surface area contributed by atoms with Gasteiger partial charge in [0.05, 0.1) is 24.3 Å². The number of aryl methyl sites for hydroxylation is 3. The zero-order valence-corrected chi connectivity index (χ0v) is 33.9. The number of piperidine rings is 1. The molecule has 6 aromatic rings. The molecule has 8 rings (SSSR count). The summed E-state index contributed by atoms with van der Waals surface area (Å²) in [5.41, 5.74) is 6.91. The number of aromatic nitrogens is 5. The van der Waals surface area contributed by atoms with Gasteiger partial charge in [0.25, 0.3) is 0 Å². The summed E-state index contributed by atoms with van der Waals surface area (Å²) in [6.45, 7) is 7.60. The number of hydrogen-bond acceptors (Lipinski definition) is 9. The Bertz CT molecular complexity index is 2520. The lowest BCUT2D eigenvalue weighted by molar-refractivity contribution is -0.135. The quantitative estimate of drug-likeness (QED) is 0.0852. The molecule has 0 radical (unpaired) electrons. The maximum absolute atomic E-state index is 13.3. The van der Waals surface area contributed by atoms with Gasteiger partial charge in [0.1, 0.15) is 28.6 Å². The van der Waals surface area contributed by atoms with E-state index in [1.807, 2.05) is 58.5 Å². The second kappa shape index (κ2) is 16.7. The lowest BCUT2D eigenvalue weighted by Crippen LogP contribution is -2.41. The van der Waals surface area contributed by atoms with Gasteiger partial charge in [-0.2, -0.15) is 0 Å². The highest BCUT2D eigenvalue weighted by atomic mass is 35.5. The zero-order valence-electron chi connectivity index (χ0n) is 32.3. The van der Waals surface area contributed by atoms with Crippen molar-refractivity contribution >= 4 is 68.3 Å². The maximum atomic E-state index is 13.3. The molecule has 2 atom stereocenters. The summed E-state index contributed by atoms with van der Waals surface area (Å²) in [5, 5.41) is 18.2. The number of carbonyl (C=O) groups excluding carboxylic acids is 3. The largest absolute Gasteiger partial charge is 0.380 e. The molecular formula is C43H45ClN8O4S. The van der Waals surface area contributed by atoms with Crippen molar-refractivity contribution in [2.24, 2.45) is 4.99 Å². The number of nitrogens with zero attached hydrogens (tertiary/aromatic N) is 6. The smallest absolute Gasteiger partial charge is 0.249 e. The molecule has 2 aromatic carbocycles. The summed E-state index contributed by atoms with van der Waals surface area (Å²) < 4.78 is 9.96. The van der Waals surface area contributed by atoms with Crippen LogP contribution >= 0.6 is 22.9 Å². The molecule has 0 saturated carbocycles. The van der Waals surface area contributed by atoms with Gasteiger partial charge in [-0.05, 0) is 87.9 Å². The van der Waals surface area contributed by atoms with Gasteiger partial charge >= 0.3 is 0 Å². The standard InChI is InChI=1S/C43H45ClN8O4S/c1-25-26(2)57-43-37(25)39(29-14-16-30(44)17-15-29)47-32(41-50-49-27(3)51(41)43)24-36(54)45-21-23-56-22-7-5-4-6-10-28-11-8-13-33-38(28)31-12-9-20-46-40(31)52(33)34-18-19-35(53)48-42(34)55/h8-9,11-17,20,32,34H,4-7,10,18-19,21-24H2,1-3H3,(H,45,54)(H,48,53,55)/t32-,34?/m0/s1. The van der Waals surface area contributed by atoms with Crippen LogP contribution < -0.4 is 10.6 Å². The van der Waals surface area contributed by atoms with E-state index in [9.17, 15) is 14.4 Å². The summed E-state index contributed by atoms with van der Waals surface area (Å²) in [6.07, 6.45) is 7.59. The van der Waals surface area contributed by atoms with Crippen molar-refractivity contribution in [2.75, 3.05) is 19.8 Å². The number of fused-ring (bicyclic) bond motifs is 6. The SMILES string of the molecule is Cc1sc2c(c1C)C(c1ccc(Cl)cc1)=N[C@@H](CC(=O)NCCOCCCCCCc1cccc3c1c1cccnc1n3C1CCC(=O)NC1=O)c1nnc(C)n1-2. The third-order valence-corrected chi connectivity index (χ3v) is 12.4. The van der Waals surface area contributed by atoms with Crippen molar-refractivity contribution in [3.05, 3.63) is 105 Å². The topological polar surface area (TPSA) is 145 Å². The molecule has 14 heteroatoms. The van der Waals surface area contributed by atoms with Crippen LogP contribution in [0.3, 0.4) is 0 Å². The molecule has 0 spiro atoms. The molecule has 2 aliphatic rings. The highest BCUT2D eigenvalue weighted by Crippen LogP contribution is 2.40. The first-order chi connectivity index (χ1) is 27.7. The third-order valence-electron chi connectivity index (χ3n) is 11.0. The van der Waals surface area contributed by atoms with Crippen LogP contribution in [0.1, 0.15) is 95.8 Å². The fraction of sp³-hybridized carbons (Fsp3) is 0.372. The predicted molar refractivity (Wildman–Crippen MR) is 223 cm³/mol. The highest BCUT2D eigenvalue weighted by molar-refractivity contribution is 7.15. The molecular weight excluding hydrogens is 760 g/mol. The second-order valence-electron chi connectivity index (χ2n) is 14.8. The Morgan fingerprint density at radius 3 is 2.65 bits per heavy atom. The lowest BCUT2D eigenvalue weighted by atomic mass is 9.99. The zero-order chi connectivity index (χ0) is 39.6. The molecule has 1 saturated heterocycles. The fourth-order valence-corrected chi connectivity index (χ4v) is 9.41. The Labute approximate surface area is 339 Å². The van der Waals surface area contributed by atoms with E-state index in [4.69, 9.17) is 21.3 Å². The van der Waals surface area contributed by atoms with Gasteiger partial charge in [0.2, 0.25) is 17.7 Å². The number of imide groups is 1. The van der Waals surface area contributed by atoms with Crippen molar-refractivity contribution in [2.45, 2.75) is 84.2 Å². The van der Waals surface area contributed by atoms with E-state index >= 15 is 0 Å². The van der Waals surface area contributed by atoms with Crippen LogP contribution in [-0.4, -0.2) is 67.5 Å². The van der Waals surface area contributed by atoms with E-state index in [1.165, 1.54) is 10.4 Å². The van der Waals surface area contributed by atoms with Crippen LogP contribution in [0.4, 0.5) is 0 Å². The molecule has 0 aliphatic carbocycles. The lowest BCUT2D eigenvalue weighted by Gasteiger charge is -2.23. The predicted octanol–water partition coefficient (Wildman–Crippen LogP) is 7.61. The molecule has 4 aromatic heterocycles. The summed E-state index contributed by atoms with van der Waals surface area (Å²) in [4.78, 5) is 49.1. The number of rotatable bonds is 14. The number of amides is 3. The molecule has 1 fully saturated rings. The number of hydrogen-bond donors (Lipinski definition) is 2. The molecule has 2 aliphatic heterocycles. The van der Waals surface area contributed by atoms with E-state index in [1.54, 1.807) is 17.5 Å². The van der Waals surface area contributed by atoms with E-state index in [0.29, 0.717) is 43.4 Å². The number of unbranched alkanes of at least 4 members (excludes halogenated alkanes) is 3. The van der Waals surface area contributed by atoms with Crippen LogP contribution in [0.2, 0.25) is 5.02 Å². The van der Waals surface area contributed by atoms with Crippen molar-refractivity contribution < 1.29 is 19.1 Å². The first-order valence-corrected chi connectivity index (χ1v) is 20.8. The number of nitrogens with one attached hydrogen (secondary N) is 2. The van der Waals surface area contributed by atoms with Crippen LogP contribution in [-0.2, 0) is 25.5 Å². The second-order valence-corrected chi connectivity index (χ2v) is 16.4. The monoisotopic (exact) mass is 804 g/mol. The maximum Gasteiger partial charge on any atom is 0.249 e. The van der Waals surface area contributed by atoms with Gasteiger partial charge in [-0.15, -0.1) is 21.5 Å². The van der Waals surface area contributed by atoms with Gasteiger partial charge in [-0.1, -0.05) is 48.7 Å². The number of ether oxygens (including phenoxy) is 1. The minimum atomic E-state index is -0.523. The summed E-state index contributed by atoms with van der Waals surface area (Å²) in [7, 11) is 0. The van der Waals surface area contributed by atoms with Crippen LogP contribution in [0, 0.1) is 20.8 Å². The molecule has 2 N–H and O–H groups in total. The van der Waals surface area contributed by atoms with Gasteiger partial charge in [0.15, 0.2) is 5.82 Å². The summed E-state index contributed by atoms with van der Waals surface area (Å²) in [6, 6.07) is 16.9. The minimum absolute atomic E-state index is 0.126. The normalized spacial score (nSPS) is 16.7. The van der Waals surface area contributed by atoms with Gasteiger partial charge < -0.3 is 14.6 Å². The van der Waals surface area contributed by atoms with Crippen LogP contribution in [0.5, 0.6) is 0 Å². The minimum Gasteiger partial charge on any atom is -0.380 e. The highest BCUT2D eigenvalue weighted by Gasteiger charge is 2.33. The Morgan fingerprint density at radius 2 is 1.82 bits per heavy atom. The number of halogens is 1. The van der Waals surface area contributed by atoms with E-state index in [-0.39, 0.29) is 24.1 Å². The Balaban J connectivity index is 0.820. The Hall–Kier alpha value is -5.24. The molecule has 0 bridgehead atoms. The molecule has 3 amide bonds. The number of carbonyl (C=O) groups is 3. The van der Waals surface area contributed by atoms with E-state index in [2.05, 4.69) is 51.8 Å². The molecule has 12 nitrogen and oxygen atoms in total. The summed E-state index contributed by atoms with van der Waals surface area (Å²) in [5.74, 6) is 0.777. The Kier molecular flexibility index (Phi) is 11.3. The van der Waals surface area contributed by atoms with Crippen molar-refractivity contribution in [3.63, 3.8) is 0 Å². The van der Waals surface area contributed by atoms with Crippen molar-refractivity contribution in [3.8, 4) is 5.00 Å². The van der Waals surface area contributed by atoms with Gasteiger partial charge in [-0.3, -0.25) is 29.3 Å². The first kappa shape index (κ1) is 38.6. The van der Waals surface area contributed by atoms with Crippen molar-refractivity contribution in [1.29, 1.82) is 0 Å². The average Bonchev–Trinajstić information content (AvgIpc) is 3.81. The number of pyridine rings is 1.